The first-order valence-electron chi connectivity index (χ1n) is 7.56. The zero-order chi connectivity index (χ0) is 15.7. The quantitative estimate of drug-likeness (QED) is 0.809. The van der Waals surface area contributed by atoms with Gasteiger partial charge >= 0.3 is 0 Å². The summed E-state index contributed by atoms with van der Waals surface area (Å²) in [5, 5.41) is 0. The predicted molar refractivity (Wildman–Crippen MR) is 86.7 cm³/mol. The molecule has 1 heterocycles. The van der Waals surface area contributed by atoms with Gasteiger partial charge in [0.1, 0.15) is 17.9 Å². The lowest BCUT2D eigenvalue weighted by Gasteiger charge is -2.28. The van der Waals surface area contributed by atoms with Crippen LogP contribution in [0.3, 0.4) is 0 Å². The monoisotopic (exact) mass is 295 g/mol. The Bertz CT molecular complexity index is 652. The average molecular weight is 295 g/mol. The van der Waals surface area contributed by atoms with E-state index >= 15 is 0 Å². The second-order valence-corrected chi connectivity index (χ2v) is 6.18. The molecule has 0 bridgehead atoms. The third-order valence-electron chi connectivity index (χ3n) is 4.42. The van der Waals surface area contributed by atoms with Gasteiger partial charge < -0.3 is 4.74 Å². The van der Waals surface area contributed by atoms with E-state index in [1.807, 2.05) is 86.5 Å². The number of Topliss-reactive ketones (excluding diaryl/α,β-unsaturated/α-hetero) is 1. The molecule has 3 rings (SSSR count). The summed E-state index contributed by atoms with van der Waals surface area (Å²) in [6, 6.07) is 19.1. The maximum atomic E-state index is 13.0. The Labute approximate surface area is 131 Å². The third-order valence-corrected chi connectivity index (χ3v) is 4.42. The number of likely N-dealkylation sites (N-methyl/N-ethyl adjacent to an activating group) is 1. The van der Waals surface area contributed by atoms with Crippen LogP contribution >= 0.6 is 0 Å². The van der Waals surface area contributed by atoms with Gasteiger partial charge in [-0.15, -0.1) is 0 Å². The topological polar surface area (TPSA) is 29.5 Å². The molecule has 3 heteroatoms. The Morgan fingerprint density at radius 2 is 1.55 bits per heavy atom. The first-order chi connectivity index (χ1) is 10.5. The van der Waals surface area contributed by atoms with Crippen LogP contribution in [0.15, 0.2) is 60.7 Å². The molecule has 0 aliphatic carbocycles. The van der Waals surface area contributed by atoms with Crippen LogP contribution < -0.4 is 0 Å². The molecule has 0 amide bonds. The van der Waals surface area contributed by atoms with Gasteiger partial charge in [0.2, 0.25) is 0 Å². The summed E-state index contributed by atoms with van der Waals surface area (Å²) < 4.78 is 6.21. The van der Waals surface area contributed by atoms with Crippen molar-refractivity contribution in [2.24, 2.45) is 0 Å². The smallest absolute Gasteiger partial charge is 0.183 e. The largest absolute Gasteiger partial charge is 0.351 e. The van der Waals surface area contributed by atoms with E-state index in [-0.39, 0.29) is 17.9 Å². The van der Waals surface area contributed by atoms with Crippen molar-refractivity contribution in [3.63, 3.8) is 0 Å². The predicted octanol–water partition coefficient (Wildman–Crippen LogP) is 3.68. The van der Waals surface area contributed by atoms with Gasteiger partial charge in [-0.25, -0.2) is 0 Å². The van der Waals surface area contributed by atoms with Gasteiger partial charge in [0, 0.05) is 5.56 Å². The molecular formula is C19H21NO2. The number of ketones is 1. The molecule has 0 unspecified atom stereocenters. The molecular weight excluding hydrogens is 274 g/mol. The Morgan fingerprint density at radius 1 is 1.00 bits per heavy atom. The van der Waals surface area contributed by atoms with E-state index in [9.17, 15) is 4.79 Å². The van der Waals surface area contributed by atoms with Crippen LogP contribution in [0.2, 0.25) is 0 Å². The van der Waals surface area contributed by atoms with E-state index in [0.29, 0.717) is 0 Å². The Balaban J connectivity index is 2.00. The fourth-order valence-electron chi connectivity index (χ4n) is 2.98. The molecule has 2 aromatic rings. The van der Waals surface area contributed by atoms with Crippen LogP contribution in [0.4, 0.5) is 0 Å². The minimum atomic E-state index is -0.477. The summed E-state index contributed by atoms with van der Waals surface area (Å²) in [6.45, 7) is 4.00. The number of carbonyl (C=O) groups excluding carboxylic acids is 1. The molecule has 0 N–H and O–H groups in total. The van der Waals surface area contributed by atoms with Crippen LogP contribution in [0.5, 0.6) is 0 Å². The van der Waals surface area contributed by atoms with Gasteiger partial charge in [0.25, 0.3) is 0 Å². The van der Waals surface area contributed by atoms with Crippen molar-refractivity contribution in [2.45, 2.75) is 31.7 Å². The molecule has 1 aliphatic rings. The van der Waals surface area contributed by atoms with Crippen molar-refractivity contribution in [1.29, 1.82) is 0 Å². The molecule has 3 nitrogen and oxygen atoms in total. The zero-order valence-electron chi connectivity index (χ0n) is 13.2. The fourth-order valence-corrected chi connectivity index (χ4v) is 2.98. The van der Waals surface area contributed by atoms with E-state index in [1.54, 1.807) is 0 Å². The third kappa shape index (κ3) is 2.58. The molecule has 2 atom stereocenters. The zero-order valence-corrected chi connectivity index (χ0v) is 13.2. The van der Waals surface area contributed by atoms with Crippen LogP contribution in [-0.4, -0.2) is 29.5 Å². The lowest BCUT2D eigenvalue weighted by atomic mass is 9.94. The second kappa shape index (κ2) is 5.67. The number of benzene rings is 2. The first kappa shape index (κ1) is 14.9. The lowest BCUT2D eigenvalue weighted by molar-refractivity contribution is -0.0683. The van der Waals surface area contributed by atoms with Crippen molar-refractivity contribution in [2.75, 3.05) is 7.05 Å². The highest BCUT2D eigenvalue weighted by Gasteiger charge is 2.49. The molecule has 0 saturated carbocycles. The summed E-state index contributed by atoms with van der Waals surface area (Å²) in [6.07, 6.45) is -0.256. The van der Waals surface area contributed by atoms with Crippen molar-refractivity contribution >= 4 is 5.78 Å². The maximum absolute atomic E-state index is 13.0. The number of rotatable bonds is 3. The highest BCUT2D eigenvalue weighted by atomic mass is 16.5. The van der Waals surface area contributed by atoms with Crippen molar-refractivity contribution in [1.82, 2.24) is 4.90 Å². The van der Waals surface area contributed by atoms with E-state index in [1.165, 1.54) is 0 Å². The number of nitrogens with zero attached hydrogens (tertiary/aromatic N) is 1. The summed E-state index contributed by atoms with van der Waals surface area (Å²) in [5.41, 5.74) is 1.28. The van der Waals surface area contributed by atoms with Gasteiger partial charge in [-0.2, -0.15) is 0 Å². The normalized spacial score (nSPS) is 24.3. The first-order valence-corrected chi connectivity index (χ1v) is 7.56. The molecule has 1 saturated heterocycles. The van der Waals surface area contributed by atoms with E-state index in [0.717, 1.165) is 11.1 Å². The number of ether oxygens (including phenoxy) is 1. The van der Waals surface area contributed by atoms with Crippen molar-refractivity contribution in [3.05, 3.63) is 71.8 Å². The highest BCUT2D eigenvalue weighted by Crippen LogP contribution is 2.40. The molecule has 0 aromatic heterocycles. The fraction of sp³-hybridized carbons (Fsp3) is 0.316. The molecule has 114 valence electrons. The van der Waals surface area contributed by atoms with Crippen LogP contribution in [0.1, 0.15) is 35.9 Å². The molecule has 0 spiro atoms. The van der Waals surface area contributed by atoms with E-state index < -0.39 is 5.72 Å². The van der Waals surface area contributed by atoms with Gasteiger partial charge in [0.05, 0.1) is 0 Å². The summed E-state index contributed by atoms with van der Waals surface area (Å²) in [4.78, 5) is 15.0. The van der Waals surface area contributed by atoms with Crippen LogP contribution in [0.25, 0.3) is 0 Å². The Morgan fingerprint density at radius 3 is 2.14 bits per heavy atom. The summed E-state index contributed by atoms with van der Waals surface area (Å²) in [7, 11) is 1.95. The highest BCUT2D eigenvalue weighted by molar-refractivity contribution is 6.00. The second-order valence-electron chi connectivity index (χ2n) is 6.18. The van der Waals surface area contributed by atoms with Crippen LogP contribution in [0, 0.1) is 0 Å². The minimum absolute atomic E-state index is 0.0996. The van der Waals surface area contributed by atoms with Gasteiger partial charge in [-0.1, -0.05) is 60.7 Å². The molecule has 22 heavy (non-hydrogen) atoms. The van der Waals surface area contributed by atoms with Gasteiger partial charge in [-0.05, 0) is 26.5 Å². The van der Waals surface area contributed by atoms with Crippen molar-refractivity contribution in [3.8, 4) is 0 Å². The Kier molecular flexibility index (Phi) is 3.85. The molecule has 2 aromatic carbocycles. The van der Waals surface area contributed by atoms with Gasteiger partial charge in [0.15, 0.2) is 5.78 Å². The number of carbonyl (C=O) groups is 1. The van der Waals surface area contributed by atoms with Crippen molar-refractivity contribution < 1.29 is 9.53 Å². The number of hydrogen-bond donors (Lipinski definition) is 0. The molecule has 1 aliphatic heterocycles. The van der Waals surface area contributed by atoms with Crippen LogP contribution in [-0.2, 0) is 4.74 Å². The SMILES string of the molecule is CN1[C@@H](C(=O)c2ccccc2)[C@@H](c2ccccc2)OC1(C)C. The standard InChI is InChI=1S/C19H21NO2/c1-19(2)20(3)16(17(21)14-10-6-4-7-11-14)18(22-19)15-12-8-5-9-13-15/h4-13,16,18H,1-3H3/t16-,18+/m0/s1. The minimum Gasteiger partial charge on any atom is -0.351 e. The molecule has 1 fully saturated rings. The molecule has 0 radical (unpaired) electrons. The number of hydrogen-bond acceptors (Lipinski definition) is 3. The van der Waals surface area contributed by atoms with E-state index in [4.69, 9.17) is 4.74 Å². The summed E-state index contributed by atoms with van der Waals surface area (Å²) in [5.74, 6) is 0.0996. The van der Waals surface area contributed by atoms with E-state index in [2.05, 4.69) is 0 Å². The average Bonchev–Trinajstić information content (AvgIpc) is 2.79. The Hall–Kier alpha value is -1.97. The lowest BCUT2D eigenvalue weighted by Crippen LogP contribution is -2.44. The maximum Gasteiger partial charge on any atom is 0.183 e. The van der Waals surface area contributed by atoms with Gasteiger partial charge in [-0.3, -0.25) is 9.69 Å². The summed E-state index contributed by atoms with van der Waals surface area (Å²) >= 11 is 0.